The molecular formula is C7H8ClN3. The molecule has 2 heterocycles. The van der Waals surface area contributed by atoms with E-state index in [0.717, 1.165) is 17.9 Å². The summed E-state index contributed by atoms with van der Waals surface area (Å²) < 4.78 is 1.96. The van der Waals surface area contributed by atoms with E-state index < -0.39 is 0 Å². The zero-order valence-electron chi connectivity index (χ0n) is 6.13. The molecule has 0 saturated heterocycles. The Bertz CT molecular complexity index is 313. The van der Waals surface area contributed by atoms with E-state index in [2.05, 4.69) is 10.3 Å². The highest BCUT2D eigenvalue weighted by molar-refractivity contribution is 6.31. The van der Waals surface area contributed by atoms with E-state index in [0.29, 0.717) is 5.16 Å². The number of fused-ring (bicyclic) bond motifs is 1. The Labute approximate surface area is 69.7 Å². The summed E-state index contributed by atoms with van der Waals surface area (Å²) in [5.74, 6) is 0. The van der Waals surface area contributed by atoms with Gasteiger partial charge in [0.1, 0.15) is 5.16 Å². The predicted molar refractivity (Wildman–Crippen MR) is 43.9 cm³/mol. The number of nitrogens with one attached hydrogen (secondary N) is 1. The highest BCUT2D eigenvalue weighted by Crippen LogP contribution is 2.16. The molecule has 0 amide bonds. The number of hydrogen-bond donors (Lipinski definition) is 1. The van der Waals surface area contributed by atoms with Gasteiger partial charge in [-0.05, 0) is 6.08 Å². The van der Waals surface area contributed by atoms with E-state index in [1.807, 2.05) is 17.7 Å². The maximum absolute atomic E-state index is 5.78. The number of nitrogens with zero attached hydrogens (tertiary/aromatic N) is 2. The molecule has 58 valence electrons. The molecule has 1 aliphatic heterocycles. The number of halogens is 1. The number of imidazole rings is 1. The van der Waals surface area contributed by atoms with E-state index in [4.69, 9.17) is 11.6 Å². The lowest BCUT2D eigenvalue weighted by Gasteiger charge is -2.10. The van der Waals surface area contributed by atoms with Gasteiger partial charge in [-0.15, -0.1) is 0 Å². The Morgan fingerprint density at radius 1 is 1.73 bits per heavy atom. The van der Waals surface area contributed by atoms with Gasteiger partial charge in [0, 0.05) is 7.05 Å². The largest absolute Gasteiger partial charge is 0.370 e. The van der Waals surface area contributed by atoms with Gasteiger partial charge in [-0.2, -0.15) is 0 Å². The average Bonchev–Trinajstić information content (AvgIpc) is 2.33. The number of aryl methyl sites for hydroxylation is 1. The lowest BCUT2D eigenvalue weighted by atomic mass is 10.2. The standard InChI is InChI=1S/C7H8ClN3/c1-11-4-10-5-3-9-7(8)2-6(5)11/h2,4,9H,3H2,1H3. The summed E-state index contributed by atoms with van der Waals surface area (Å²) in [7, 11) is 1.96. The van der Waals surface area contributed by atoms with Crippen LogP contribution in [0.25, 0.3) is 6.08 Å². The van der Waals surface area contributed by atoms with Crippen LogP contribution in [0.4, 0.5) is 0 Å². The normalized spacial score (nSPS) is 15.3. The van der Waals surface area contributed by atoms with Crippen LogP contribution in [0.3, 0.4) is 0 Å². The van der Waals surface area contributed by atoms with Crippen molar-refractivity contribution in [2.75, 3.05) is 0 Å². The van der Waals surface area contributed by atoms with Crippen molar-refractivity contribution in [2.24, 2.45) is 7.05 Å². The molecule has 11 heavy (non-hydrogen) atoms. The Kier molecular flexibility index (Phi) is 1.39. The lowest BCUT2D eigenvalue weighted by molar-refractivity contribution is 0.807. The molecule has 0 fully saturated rings. The van der Waals surface area contributed by atoms with Crippen molar-refractivity contribution in [3.05, 3.63) is 22.9 Å². The molecule has 1 aromatic heterocycles. The summed E-state index contributed by atoms with van der Waals surface area (Å²) in [6, 6.07) is 0. The second-order valence-electron chi connectivity index (χ2n) is 2.53. The van der Waals surface area contributed by atoms with Gasteiger partial charge in [0.2, 0.25) is 0 Å². The molecule has 2 rings (SSSR count). The zero-order valence-corrected chi connectivity index (χ0v) is 6.89. The second kappa shape index (κ2) is 2.27. The first-order valence-corrected chi connectivity index (χ1v) is 3.76. The van der Waals surface area contributed by atoms with Crippen molar-refractivity contribution in [3.63, 3.8) is 0 Å². The number of rotatable bonds is 0. The van der Waals surface area contributed by atoms with E-state index in [-0.39, 0.29) is 0 Å². The van der Waals surface area contributed by atoms with Gasteiger partial charge >= 0.3 is 0 Å². The predicted octanol–water partition coefficient (Wildman–Crippen LogP) is 1.06. The average molecular weight is 170 g/mol. The van der Waals surface area contributed by atoms with E-state index in [1.54, 1.807) is 6.33 Å². The molecule has 0 radical (unpaired) electrons. The lowest BCUT2D eigenvalue weighted by Crippen LogP contribution is -2.15. The minimum atomic E-state index is 0.682. The van der Waals surface area contributed by atoms with Gasteiger partial charge in [0.25, 0.3) is 0 Å². The molecule has 0 bridgehead atoms. The fraction of sp³-hybridized carbons (Fsp3) is 0.286. The highest BCUT2D eigenvalue weighted by Gasteiger charge is 2.11. The molecule has 0 aliphatic carbocycles. The summed E-state index contributed by atoms with van der Waals surface area (Å²) in [5, 5.41) is 3.68. The molecule has 3 nitrogen and oxygen atoms in total. The van der Waals surface area contributed by atoms with Gasteiger partial charge in [-0.1, -0.05) is 11.6 Å². The van der Waals surface area contributed by atoms with Crippen molar-refractivity contribution in [2.45, 2.75) is 6.54 Å². The zero-order chi connectivity index (χ0) is 7.84. The van der Waals surface area contributed by atoms with Crippen LogP contribution in [0.1, 0.15) is 11.4 Å². The first-order valence-electron chi connectivity index (χ1n) is 3.38. The van der Waals surface area contributed by atoms with Crippen LogP contribution < -0.4 is 5.32 Å². The molecule has 4 heteroatoms. The van der Waals surface area contributed by atoms with Crippen molar-refractivity contribution < 1.29 is 0 Å². The Morgan fingerprint density at radius 3 is 3.36 bits per heavy atom. The summed E-state index contributed by atoms with van der Waals surface area (Å²) >= 11 is 5.78. The summed E-state index contributed by atoms with van der Waals surface area (Å²) in [4.78, 5) is 4.19. The monoisotopic (exact) mass is 169 g/mol. The van der Waals surface area contributed by atoms with Crippen molar-refractivity contribution in [3.8, 4) is 0 Å². The van der Waals surface area contributed by atoms with Crippen LogP contribution in [-0.2, 0) is 13.6 Å². The summed E-state index contributed by atoms with van der Waals surface area (Å²) in [6.07, 6.45) is 3.67. The summed E-state index contributed by atoms with van der Waals surface area (Å²) in [6.45, 7) is 0.728. The maximum Gasteiger partial charge on any atom is 0.104 e. The van der Waals surface area contributed by atoms with Gasteiger partial charge in [0.15, 0.2) is 0 Å². The van der Waals surface area contributed by atoms with Crippen molar-refractivity contribution in [1.29, 1.82) is 0 Å². The van der Waals surface area contributed by atoms with Crippen molar-refractivity contribution >= 4 is 17.7 Å². The number of aromatic nitrogens is 2. The molecule has 0 unspecified atom stereocenters. The first-order chi connectivity index (χ1) is 5.27. The number of hydrogen-bond acceptors (Lipinski definition) is 2. The van der Waals surface area contributed by atoms with Crippen LogP contribution in [0.5, 0.6) is 0 Å². The van der Waals surface area contributed by atoms with Gasteiger partial charge < -0.3 is 9.88 Å². The Hall–Kier alpha value is -0.960. The highest BCUT2D eigenvalue weighted by atomic mass is 35.5. The first kappa shape index (κ1) is 6.73. The molecule has 1 aromatic rings. The maximum atomic E-state index is 5.78. The third kappa shape index (κ3) is 1.01. The third-order valence-corrected chi connectivity index (χ3v) is 1.99. The fourth-order valence-electron chi connectivity index (χ4n) is 1.15. The van der Waals surface area contributed by atoms with Crippen LogP contribution >= 0.6 is 11.6 Å². The third-order valence-electron chi connectivity index (χ3n) is 1.75. The SMILES string of the molecule is Cn1cnc2c1C=C(Cl)NC2. The van der Waals surface area contributed by atoms with Crippen LogP contribution in [0.15, 0.2) is 11.5 Å². The molecule has 0 saturated carbocycles. The molecule has 1 N–H and O–H groups in total. The summed E-state index contributed by atoms with van der Waals surface area (Å²) in [5.41, 5.74) is 2.14. The van der Waals surface area contributed by atoms with Gasteiger partial charge in [0.05, 0.1) is 24.3 Å². The topological polar surface area (TPSA) is 29.9 Å². The quantitative estimate of drug-likeness (QED) is 0.589. The Morgan fingerprint density at radius 2 is 2.55 bits per heavy atom. The van der Waals surface area contributed by atoms with Crippen LogP contribution in [0, 0.1) is 0 Å². The van der Waals surface area contributed by atoms with E-state index >= 15 is 0 Å². The van der Waals surface area contributed by atoms with Gasteiger partial charge in [-0.3, -0.25) is 0 Å². The smallest absolute Gasteiger partial charge is 0.104 e. The second-order valence-corrected chi connectivity index (χ2v) is 2.94. The van der Waals surface area contributed by atoms with Crippen LogP contribution in [0.2, 0.25) is 0 Å². The van der Waals surface area contributed by atoms with Crippen LogP contribution in [-0.4, -0.2) is 9.55 Å². The Balaban J connectivity index is 2.55. The molecule has 0 aromatic carbocycles. The van der Waals surface area contributed by atoms with Crippen molar-refractivity contribution in [1.82, 2.24) is 14.9 Å². The fourth-order valence-corrected chi connectivity index (χ4v) is 1.32. The molecular weight excluding hydrogens is 162 g/mol. The molecule has 0 spiro atoms. The van der Waals surface area contributed by atoms with E-state index in [1.165, 1.54) is 0 Å². The van der Waals surface area contributed by atoms with Gasteiger partial charge in [-0.25, -0.2) is 4.98 Å². The van der Waals surface area contributed by atoms with E-state index in [9.17, 15) is 0 Å². The molecule has 0 atom stereocenters. The molecule has 1 aliphatic rings. The minimum Gasteiger partial charge on any atom is -0.370 e. The minimum absolute atomic E-state index is 0.682.